The van der Waals surface area contributed by atoms with Gasteiger partial charge in [0.1, 0.15) is 6.04 Å². The maximum absolute atomic E-state index is 11.6. The number of piperidine rings is 1. The Morgan fingerprint density at radius 2 is 2.40 bits per heavy atom. The van der Waals surface area contributed by atoms with Crippen LogP contribution in [-0.4, -0.2) is 42.4 Å². The molecular weight excluding hydrogens is 194 g/mol. The molecule has 2 amide bonds. The minimum absolute atomic E-state index is 0.000672. The minimum atomic E-state index is -0.352. The highest BCUT2D eigenvalue weighted by Crippen LogP contribution is 2.09. The van der Waals surface area contributed by atoms with E-state index in [0.717, 1.165) is 19.4 Å². The summed E-state index contributed by atoms with van der Waals surface area (Å²) >= 11 is 0. The predicted octanol–water partition coefficient (Wildman–Crippen LogP) is -0.539. The molecule has 86 valence electrons. The largest absolute Gasteiger partial charge is 0.344 e. The molecule has 0 spiro atoms. The van der Waals surface area contributed by atoms with Crippen molar-refractivity contribution in [3.05, 3.63) is 0 Å². The van der Waals surface area contributed by atoms with Crippen LogP contribution >= 0.6 is 0 Å². The Morgan fingerprint density at radius 3 is 3.00 bits per heavy atom. The Labute approximate surface area is 90.0 Å². The van der Waals surface area contributed by atoms with Crippen molar-refractivity contribution in [2.75, 3.05) is 13.6 Å². The van der Waals surface area contributed by atoms with Crippen LogP contribution in [0, 0.1) is 0 Å². The lowest BCUT2D eigenvalue weighted by Gasteiger charge is -2.29. The summed E-state index contributed by atoms with van der Waals surface area (Å²) in [5, 5.41) is 2.72. The van der Waals surface area contributed by atoms with Crippen LogP contribution in [0.25, 0.3) is 0 Å². The number of likely N-dealkylation sites (N-methyl/N-ethyl adjacent to an activating group) is 1. The average Bonchev–Trinajstić information content (AvgIpc) is 2.11. The summed E-state index contributed by atoms with van der Waals surface area (Å²) in [5.41, 5.74) is 5.50. The van der Waals surface area contributed by atoms with Gasteiger partial charge in [0.05, 0.1) is 0 Å². The molecule has 0 aromatic rings. The first-order valence-corrected chi connectivity index (χ1v) is 5.30. The molecule has 5 heteroatoms. The quantitative estimate of drug-likeness (QED) is 0.661. The third-order valence-electron chi connectivity index (χ3n) is 2.50. The van der Waals surface area contributed by atoms with E-state index >= 15 is 0 Å². The molecule has 1 rings (SSSR count). The molecule has 15 heavy (non-hydrogen) atoms. The second-order valence-corrected chi connectivity index (χ2v) is 4.20. The maximum Gasteiger partial charge on any atom is 0.244 e. The topological polar surface area (TPSA) is 75.4 Å². The fourth-order valence-electron chi connectivity index (χ4n) is 1.71. The third kappa shape index (κ3) is 3.51. The van der Waals surface area contributed by atoms with Gasteiger partial charge < -0.3 is 16.0 Å². The number of nitrogens with one attached hydrogen (secondary N) is 1. The van der Waals surface area contributed by atoms with Crippen LogP contribution in [0.3, 0.4) is 0 Å². The van der Waals surface area contributed by atoms with Crippen molar-refractivity contribution < 1.29 is 9.59 Å². The van der Waals surface area contributed by atoms with E-state index in [-0.39, 0.29) is 30.3 Å². The van der Waals surface area contributed by atoms with Gasteiger partial charge in [-0.25, -0.2) is 0 Å². The number of hydrogen-bond acceptors (Lipinski definition) is 3. The standard InChI is InChI=1S/C10H19N3O2/c1-7(11)6-9(14)12-8-4-3-5-13(2)10(8)15/h7-8H,3-6,11H2,1-2H3,(H,12,14). The summed E-state index contributed by atoms with van der Waals surface area (Å²) < 4.78 is 0. The van der Waals surface area contributed by atoms with Gasteiger partial charge in [-0.15, -0.1) is 0 Å². The molecule has 0 bridgehead atoms. The fraction of sp³-hybridized carbons (Fsp3) is 0.800. The van der Waals surface area contributed by atoms with Crippen LogP contribution in [0.5, 0.6) is 0 Å². The minimum Gasteiger partial charge on any atom is -0.344 e. The van der Waals surface area contributed by atoms with Crippen molar-refractivity contribution in [3.63, 3.8) is 0 Å². The molecule has 1 saturated heterocycles. The summed E-state index contributed by atoms with van der Waals surface area (Å²) in [4.78, 5) is 24.7. The van der Waals surface area contributed by atoms with Crippen molar-refractivity contribution in [1.82, 2.24) is 10.2 Å². The first kappa shape index (κ1) is 12.0. The number of amides is 2. The zero-order valence-corrected chi connectivity index (χ0v) is 9.32. The summed E-state index contributed by atoms with van der Waals surface area (Å²) in [6.07, 6.45) is 1.94. The van der Waals surface area contributed by atoms with Crippen LogP contribution in [0.4, 0.5) is 0 Å². The fourth-order valence-corrected chi connectivity index (χ4v) is 1.71. The summed E-state index contributed by atoms with van der Waals surface area (Å²) in [6.45, 7) is 2.55. The highest BCUT2D eigenvalue weighted by molar-refractivity contribution is 5.88. The van der Waals surface area contributed by atoms with Crippen molar-refractivity contribution in [3.8, 4) is 0 Å². The number of nitrogens with zero attached hydrogens (tertiary/aromatic N) is 1. The van der Waals surface area contributed by atoms with Crippen molar-refractivity contribution in [1.29, 1.82) is 0 Å². The second-order valence-electron chi connectivity index (χ2n) is 4.20. The molecule has 0 aliphatic carbocycles. The van der Waals surface area contributed by atoms with Crippen LogP contribution in [-0.2, 0) is 9.59 Å². The van der Waals surface area contributed by atoms with Gasteiger partial charge >= 0.3 is 0 Å². The SMILES string of the molecule is CC(N)CC(=O)NC1CCCN(C)C1=O. The van der Waals surface area contributed by atoms with Crippen molar-refractivity contribution >= 4 is 11.8 Å². The average molecular weight is 213 g/mol. The Bertz CT molecular complexity index is 253. The molecule has 1 aliphatic rings. The number of hydrogen-bond donors (Lipinski definition) is 2. The van der Waals surface area contributed by atoms with E-state index in [1.54, 1.807) is 18.9 Å². The van der Waals surface area contributed by atoms with Gasteiger partial charge in [-0.3, -0.25) is 9.59 Å². The number of carbonyl (C=O) groups is 2. The number of rotatable bonds is 3. The molecular formula is C10H19N3O2. The van der Waals surface area contributed by atoms with Gasteiger partial charge in [0.25, 0.3) is 0 Å². The maximum atomic E-state index is 11.6. The molecule has 2 unspecified atom stereocenters. The molecule has 5 nitrogen and oxygen atoms in total. The molecule has 1 heterocycles. The smallest absolute Gasteiger partial charge is 0.244 e. The second kappa shape index (κ2) is 5.11. The van der Waals surface area contributed by atoms with Gasteiger partial charge in [0.2, 0.25) is 11.8 Å². The van der Waals surface area contributed by atoms with Gasteiger partial charge in [-0.1, -0.05) is 0 Å². The van der Waals surface area contributed by atoms with E-state index in [2.05, 4.69) is 5.32 Å². The highest BCUT2D eigenvalue weighted by atomic mass is 16.2. The number of nitrogens with two attached hydrogens (primary N) is 1. The molecule has 0 aromatic heterocycles. The number of carbonyl (C=O) groups excluding carboxylic acids is 2. The van der Waals surface area contributed by atoms with E-state index in [1.807, 2.05) is 0 Å². The van der Waals surface area contributed by atoms with Crippen LogP contribution in [0.2, 0.25) is 0 Å². The lowest BCUT2D eigenvalue weighted by atomic mass is 10.0. The van der Waals surface area contributed by atoms with Gasteiger partial charge in [-0.2, -0.15) is 0 Å². The monoisotopic (exact) mass is 213 g/mol. The first-order valence-electron chi connectivity index (χ1n) is 5.30. The Balaban J connectivity index is 2.43. The van der Waals surface area contributed by atoms with Gasteiger partial charge in [0, 0.05) is 26.1 Å². The lowest BCUT2D eigenvalue weighted by Crippen LogP contribution is -2.51. The molecule has 2 atom stereocenters. The Kier molecular flexibility index (Phi) is 4.08. The van der Waals surface area contributed by atoms with E-state index in [1.165, 1.54) is 0 Å². The molecule has 0 aromatic carbocycles. The van der Waals surface area contributed by atoms with Crippen molar-refractivity contribution in [2.45, 2.75) is 38.3 Å². The van der Waals surface area contributed by atoms with Crippen LogP contribution in [0.1, 0.15) is 26.2 Å². The van der Waals surface area contributed by atoms with E-state index in [4.69, 9.17) is 5.73 Å². The predicted molar refractivity (Wildman–Crippen MR) is 57.1 cm³/mol. The molecule has 1 aliphatic heterocycles. The van der Waals surface area contributed by atoms with Crippen LogP contribution in [0.15, 0.2) is 0 Å². The highest BCUT2D eigenvalue weighted by Gasteiger charge is 2.27. The Morgan fingerprint density at radius 1 is 1.73 bits per heavy atom. The van der Waals surface area contributed by atoms with Gasteiger partial charge in [-0.05, 0) is 19.8 Å². The zero-order chi connectivity index (χ0) is 11.4. The van der Waals surface area contributed by atoms with E-state index < -0.39 is 0 Å². The summed E-state index contributed by atoms with van der Waals surface area (Å²) in [6, 6.07) is -0.517. The summed E-state index contributed by atoms with van der Waals surface area (Å²) in [5.74, 6) is -0.141. The third-order valence-corrected chi connectivity index (χ3v) is 2.50. The van der Waals surface area contributed by atoms with Crippen LogP contribution < -0.4 is 11.1 Å². The first-order chi connectivity index (χ1) is 7.00. The van der Waals surface area contributed by atoms with Crippen molar-refractivity contribution in [2.24, 2.45) is 5.73 Å². The number of likely N-dealkylation sites (tertiary alicyclic amines) is 1. The summed E-state index contributed by atoms with van der Waals surface area (Å²) in [7, 11) is 1.76. The molecule has 0 radical (unpaired) electrons. The normalized spacial score (nSPS) is 23.8. The molecule has 0 saturated carbocycles. The lowest BCUT2D eigenvalue weighted by molar-refractivity contribution is -0.137. The van der Waals surface area contributed by atoms with E-state index in [0.29, 0.717) is 0 Å². The zero-order valence-electron chi connectivity index (χ0n) is 9.32. The van der Waals surface area contributed by atoms with E-state index in [9.17, 15) is 9.59 Å². The molecule has 1 fully saturated rings. The molecule has 3 N–H and O–H groups in total. The van der Waals surface area contributed by atoms with Gasteiger partial charge in [0.15, 0.2) is 0 Å². The Hall–Kier alpha value is -1.10.